The number of carbonyl (C=O) groups excluding carboxylic acids is 2. The normalized spacial score (nSPS) is 16.9. The molecule has 8 nitrogen and oxygen atoms in total. The van der Waals surface area contributed by atoms with E-state index in [1.807, 2.05) is 0 Å². The summed E-state index contributed by atoms with van der Waals surface area (Å²) in [6.07, 6.45) is 5.15. The third kappa shape index (κ3) is 6.67. The van der Waals surface area contributed by atoms with E-state index < -0.39 is 17.7 Å². The Morgan fingerprint density at radius 2 is 1.55 bits per heavy atom. The van der Waals surface area contributed by atoms with Crippen molar-refractivity contribution in [2.75, 3.05) is 40.4 Å². The number of aliphatic hydroxyl groups excluding tert-OH is 1. The van der Waals surface area contributed by atoms with Gasteiger partial charge >= 0.3 is 0 Å². The Labute approximate surface area is 225 Å². The van der Waals surface area contributed by atoms with Crippen molar-refractivity contribution >= 4 is 17.4 Å². The molecule has 1 aliphatic heterocycles. The molecule has 8 heteroatoms. The highest BCUT2D eigenvalue weighted by molar-refractivity contribution is 6.46. The number of Topliss-reactive ketones (excluding diaryl/α,β-unsaturated/α-hetero) is 1. The molecule has 2 aromatic carbocycles. The van der Waals surface area contributed by atoms with Crippen LogP contribution in [0.15, 0.2) is 48.0 Å². The van der Waals surface area contributed by atoms with E-state index in [4.69, 9.17) is 9.47 Å². The van der Waals surface area contributed by atoms with Crippen molar-refractivity contribution in [1.29, 1.82) is 0 Å². The molecule has 0 unspecified atom stereocenters. The number of hydrogen-bond acceptors (Lipinski definition) is 7. The minimum atomic E-state index is -0.814. The van der Waals surface area contributed by atoms with Gasteiger partial charge in [-0.2, -0.15) is 0 Å². The van der Waals surface area contributed by atoms with Crippen LogP contribution in [-0.4, -0.2) is 72.1 Å². The zero-order chi connectivity index (χ0) is 27.7. The molecule has 1 saturated heterocycles. The third-order valence-electron chi connectivity index (χ3n) is 6.95. The number of phenolic OH excluding ortho intramolecular Hbond substituents is 1. The highest BCUT2D eigenvalue weighted by Crippen LogP contribution is 2.42. The highest BCUT2D eigenvalue weighted by atomic mass is 16.5. The second-order valence-corrected chi connectivity index (χ2v) is 9.55. The monoisotopic (exact) mass is 524 g/mol. The van der Waals surface area contributed by atoms with E-state index in [9.17, 15) is 19.8 Å². The lowest BCUT2D eigenvalue weighted by Gasteiger charge is -2.28. The minimum absolute atomic E-state index is 0.0155. The lowest BCUT2D eigenvalue weighted by molar-refractivity contribution is -0.140. The van der Waals surface area contributed by atoms with E-state index in [0.717, 1.165) is 45.3 Å². The molecule has 3 rings (SSSR count). The summed E-state index contributed by atoms with van der Waals surface area (Å²) in [6, 6.07) is 10.6. The number of ketones is 1. The molecule has 1 amide bonds. The molecular formula is C30H40N2O6. The van der Waals surface area contributed by atoms with Gasteiger partial charge in [-0.1, -0.05) is 32.8 Å². The molecule has 1 aliphatic rings. The number of aliphatic hydroxyl groups is 1. The quantitative estimate of drug-likeness (QED) is 0.201. The molecule has 206 valence electrons. The van der Waals surface area contributed by atoms with E-state index >= 15 is 0 Å². The number of nitrogens with zero attached hydrogens (tertiary/aromatic N) is 2. The van der Waals surface area contributed by atoms with Crippen LogP contribution in [0.5, 0.6) is 17.2 Å². The van der Waals surface area contributed by atoms with E-state index in [1.54, 1.807) is 43.5 Å². The Kier molecular flexibility index (Phi) is 10.6. The summed E-state index contributed by atoms with van der Waals surface area (Å²) in [5, 5.41) is 21.4. The smallest absolute Gasteiger partial charge is 0.295 e. The third-order valence-corrected chi connectivity index (χ3v) is 6.95. The van der Waals surface area contributed by atoms with Crippen molar-refractivity contribution in [1.82, 2.24) is 9.80 Å². The number of hydrogen-bond donors (Lipinski definition) is 2. The van der Waals surface area contributed by atoms with E-state index in [-0.39, 0.29) is 22.8 Å². The Bertz CT molecular complexity index is 1120. The van der Waals surface area contributed by atoms with Gasteiger partial charge in [0.05, 0.1) is 25.8 Å². The summed E-state index contributed by atoms with van der Waals surface area (Å²) < 4.78 is 10.5. The minimum Gasteiger partial charge on any atom is -0.507 e. The van der Waals surface area contributed by atoms with Gasteiger partial charge < -0.3 is 29.5 Å². The fraction of sp³-hybridized carbons (Fsp3) is 0.467. The van der Waals surface area contributed by atoms with Crippen LogP contribution in [0.25, 0.3) is 5.76 Å². The van der Waals surface area contributed by atoms with Gasteiger partial charge in [0, 0.05) is 12.1 Å². The van der Waals surface area contributed by atoms with Gasteiger partial charge in [0.15, 0.2) is 11.5 Å². The van der Waals surface area contributed by atoms with Crippen LogP contribution in [0, 0.1) is 0 Å². The Balaban J connectivity index is 1.97. The van der Waals surface area contributed by atoms with Crippen LogP contribution in [0.4, 0.5) is 0 Å². The first-order valence-electron chi connectivity index (χ1n) is 13.4. The first-order chi connectivity index (χ1) is 18.4. The highest BCUT2D eigenvalue weighted by Gasteiger charge is 2.46. The molecule has 1 fully saturated rings. The number of amides is 1. The van der Waals surface area contributed by atoms with Crippen molar-refractivity contribution in [3.05, 3.63) is 59.2 Å². The van der Waals surface area contributed by atoms with Crippen molar-refractivity contribution in [2.45, 2.75) is 52.0 Å². The van der Waals surface area contributed by atoms with Crippen LogP contribution in [-0.2, 0) is 9.59 Å². The Morgan fingerprint density at radius 3 is 2.13 bits per heavy atom. The van der Waals surface area contributed by atoms with Gasteiger partial charge in [-0.05, 0) is 80.9 Å². The number of rotatable bonds is 14. The lowest BCUT2D eigenvalue weighted by atomic mass is 9.95. The lowest BCUT2D eigenvalue weighted by Crippen LogP contribution is -2.34. The molecule has 0 radical (unpaired) electrons. The van der Waals surface area contributed by atoms with Gasteiger partial charge in [-0.25, -0.2) is 0 Å². The Morgan fingerprint density at radius 1 is 0.921 bits per heavy atom. The zero-order valence-corrected chi connectivity index (χ0v) is 22.9. The van der Waals surface area contributed by atoms with E-state index in [0.29, 0.717) is 29.8 Å². The predicted octanol–water partition coefficient (Wildman–Crippen LogP) is 5.12. The number of likely N-dealkylation sites (tertiary alicyclic amines) is 1. The number of phenols is 1. The maximum atomic E-state index is 13.3. The summed E-state index contributed by atoms with van der Waals surface area (Å²) in [5.41, 5.74) is 0.995. The Hall–Kier alpha value is -3.52. The number of ether oxygens (including phenoxy) is 2. The predicted molar refractivity (Wildman–Crippen MR) is 148 cm³/mol. The summed E-state index contributed by atoms with van der Waals surface area (Å²) in [7, 11) is 2.98. The van der Waals surface area contributed by atoms with Gasteiger partial charge in [-0.15, -0.1) is 0 Å². The number of carbonyl (C=O) groups is 2. The summed E-state index contributed by atoms with van der Waals surface area (Å²) in [6.45, 7) is 7.52. The summed E-state index contributed by atoms with van der Waals surface area (Å²) in [4.78, 5) is 30.6. The standard InChI is InChI=1S/C30H40N2O6/c1-5-7-16-31(17-8-6-2)18-9-19-32-27(22-12-15-24(33)25(20-22)38-4)26(29(35)30(32)36)28(34)21-10-13-23(37-3)14-11-21/h10-15,20,27,33-34H,5-9,16-19H2,1-4H3/t27-/m0/s1. The average molecular weight is 525 g/mol. The first kappa shape index (κ1) is 29.0. The van der Waals surface area contributed by atoms with Crippen molar-refractivity contribution in [3.63, 3.8) is 0 Å². The fourth-order valence-electron chi connectivity index (χ4n) is 4.79. The summed E-state index contributed by atoms with van der Waals surface area (Å²) >= 11 is 0. The van der Waals surface area contributed by atoms with Crippen molar-refractivity contribution < 1.29 is 29.3 Å². The maximum absolute atomic E-state index is 13.3. The second kappa shape index (κ2) is 13.9. The number of aromatic hydroxyl groups is 1. The molecule has 0 saturated carbocycles. The molecule has 0 aliphatic carbocycles. The molecular weight excluding hydrogens is 484 g/mol. The van der Waals surface area contributed by atoms with Crippen LogP contribution in [0.3, 0.4) is 0 Å². The SMILES string of the molecule is CCCCN(CCCC)CCCN1C(=O)C(=O)C(=C(O)c2ccc(OC)cc2)[C@@H]1c1ccc(O)c(OC)c1. The van der Waals surface area contributed by atoms with Crippen LogP contribution < -0.4 is 9.47 Å². The van der Waals surface area contributed by atoms with Gasteiger partial charge in [-0.3, -0.25) is 9.59 Å². The molecule has 38 heavy (non-hydrogen) atoms. The van der Waals surface area contributed by atoms with Gasteiger partial charge in [0.25, 0.3) is 11.7 Å². The molecule has 0 spiro atoms. The number of benzene rings is 2. The largest absolute Gasteiger partial charge is 0.507 e. The average Bonchev–Trinajstić information content (AvgIpc) is 3.19. The molecule has 0 bridgehead atoms. The van der Waals surface area contributed by atoms with Crippen LogP contribution in [0.2, 0.25) is 0 Å². The number of methoxy groups -OCH3 is 2. The summed E-state index contributed by atoms with van der Waals surface area (Å²) in [5.74, 6) is -0.848. The maximum Gasteiger partial charge on any atom is 0.295 e. The fourth-order valence-corrected chi connectivity index (χ4v) is 4.79. The molecule has 0 aromatic heterocycles. The van der Waals surface area contributed by atoms with E-state index in [1.165, 1.54) is 18.1 Å². The van der Waals surface area contributed by atoms with Gasteiger partial charge in [0.1, 0.15) is 11.5 Å². The van der Waals surface area contributed by atoms with Crippen molar-refractivity contribution in [2.24, 2.45) is 0 Å². The topological polar surface area (TPSA) is 99.5 Å². The molecule has 2 aromatic rings. The van der Waals surface area contributed by atoms with Crippen LogP contribution >= 0.6 is 0 Å². The van der Waals surface area contributed by atoms with E-state index in [2.05, 4.69) is 18.7 Å². The van der Waals surface area contributed by atoms with Crippen molar-refractivity contribution in [3.8, 4) is 17.2 Å². The second-order valence-electron chi connectivity index (χ2n) is 9.55. The zero-order valence-electron chi connectivity index (χ0n) is 22.9. The number of unbranched alkanes of at least 4 members (excludes halogenated alkanes) is 2. The molecule has 1 heterocycles. The van der Waals surface area contributed by atoms with Crippen LogP contribution in [0.1, 0.15) is 63.1 Å². The molecule has 1 atom stereocenters. The molecule has 2 N–H and O–H groups in total. The first-order valence-corrected chi connectivity index (χ1v) is 13.4. The van der Waals surface area contributed by atoms with Gasteiger partial charge in [0.2, 0.25) is 0 Å².